The number of carbonyl (C=O) groups is 1. The van der Waals surface area contributed by atoms with Crippen LogP contribution in [-0.2, 0) is 11.3 Å². The van der Waals surface area contributed by atoms with E-state index in [0.29, 0.717) is 6.54 Å². The number of hydrogen-bond donors (Lipinski definition) is 2. The number of rotatable bonds is 6. The van der Waals surface area contributed by atoms with Crippen LogP contribution in [0, 0.1) is 11.3 Å². The Bertz CT molecular complexity index is 818. The van der Waals surface area contributed by atoms with Crippen molar-refractivity contribution in [2.75, 3.05) is 23.3 Å². The fourth-order valence-corrected chi connectivity index (χ4v) is 3.00. The number of benzene rings is 1. The van der Waals surface area contributed by atoms with Gasteiger partial charge in [-0.25, -0.2) is 0 Å². The van der Waals surface area contributed by atoms with Gasteiger partial charge in [0.15, 0.2) is 0 Å². The molecule has 2 N–H and O–H groups in total. The number of nitrogens with one attached hydrogen (secondary N) is 2. The molecule has 0 atom stereocenters. The Balaban J connectivity index is 1.56. The van der Waals surface area contributed by atoms with Crippen molar-refractivity contribution >= 4 is 17.3 Å². The molecule has 0 aliphatic carbocycles. The van der Waals surface area contributed by atoms with Crippen LogP contribution >= 0.6 is 0 Å². The van der Waals surface area contributed by atoms with Gasteiger partial charge in [-0.3, -0.25) is 9.78 Å². The zero-order valence-corrected chi connectivity index (χ0v) is 15.2. The topological polar surface area (TPSA) is 81.0 Å². The van der Waals surface area contributed by atoms with Gasteiger partial charge in [-0.15, -0.1) is 0 Å². The molecule has 1 aliphatic rings. The van der Waals surface area contributed by atoms with Gasteiger partial charge in [0, 0.05) is 49.6 Å². The van der Waals surface area contributed by atoms with E-state index in [0.717, 1.165) is 24.3 Å². The lowest BCUT2D eigenvalue weighted by molar-refractivity contribution is -0.117. The first-order valence-corrected chi connectivity index (χ1v) is 9.15. The average Bonchev–Trinajstić information content (AvgIpc) is 2.74. The van der Waals surface area contributed by atoms with Crippen molar-refractivity contribution in [1.82, 2.24) is 10.3 Å². The number of amides is 1. The summed E-state index contributed by atoms with van der Waals surface area (Å²) < 4.78 is 0. The second-order valence-electron chi connectivity index (χ2n) is 6.45. The fourth-order valence-electron chi connectivity index (χ4n) is 3.00. The number of piperidine rings is 1. The second-order valence-corrected chi connectivity index (χ2v) is 6.45. The van der Waals surface area contributed by atoms with E-state index >= 15 is 0 Å². The third-order valence-electron chi connectivity index (χ3n) is 4.51. The number of nitriles is 1. The van der Waals surface area contributed by atoms with Crippen LogP contribution in [0.25, 0.3) is 0 Å². The van der Waals surface area contributed by atoms with Gasteiger partial charge >= 0.3 is 0 Å². The lowest BCUT2D eigenvalue weighted by Gasteiger charge is -2.28. The molecule has 0 radical (unpaired) electrons. The van der Waals surface area contributed by atoms with Gasteiger partial charge in [-0.1, -0.05) is 6.07 Å². The molecule has 1 aromatic carbocycles. The molecule has 6 heteroatoms. The first kappa shape index (κ1) is 18.5. The van der Waals surface area contributed by atoms with Crippen LogP contribution in [0.1, 0.15) is 24.8 Å². The van der Waals surface area contributed by atoms with E-state index in [2.05, 4.69) is 32.7 Å². The van der Waals surface area contributed by atoms with Crippen molar-refractivity contribution in [3.8, 4) is 6.07 Å². The number of nitrogens with zero attached hydrogens (tertiary/aromatic N) is 3. The normalized spacial score (nSPS) is 14.3. The Hall–Kier alpha value is -3.33. The maximum absolute atomic E-state index is 12.2. The third kappa shape index (κ3) is 5.32. The van der Waals surface area contributed by atoms with Gasteiger partial charge in [0.25, 0.3) is 5.91 Å². The minimum absolute atomic E-state index is 0.0268. The SMILES string of the molecule is N#C/C(=C/Nc1ccc(N2CCCCC2)cc1)C(=O)NCc1cccnc1. The quantitative estimate of drug-likeness (QED) is 0.610. The summed E-state index contributed by atoms with van der Waals surface area (Å²) in [7, 11) is 0. The number of aromatic nitrogens is 1. The lowest BCUT2D eigenvalue weighted by Crippen LogP contribution is -2.29. The van der Waals surface area contributed by atoms with Crippen molar-refractivity contribution in [2.45, 2.75) is 25.8 Å². The maximum Gasteiger partial charge on any atom is 0.263 e. The summed E-state index contributed by atoms with van der Waals surface area (Å²) in [5, 5.41) is 15.0. The molecule has 2 heterocycles. The molecular formula is C21H23N5O. The van der Waals surface area contributed by atoms with Gasteiger partial charge in [-0.2, -0.15) is 5.26 Å². The Labute approximate surface area is 159 Å². The zero-order chi connectivity index (χ0) is 18.9. The molecule has 1 fully saturated rings. The second kappa shape index (κ2) is 9.39. The first-order valence-electron chi connectivity index (χ1n) is 9.15. The average molecular weight is 361 g/mol. The number of carbonyl (C=O) groups excluding carboxylic acids is 1. The van der Waals surface area contributed by atoms with Crippen LogP contribution in [-0.4, -0.2) is 24.0 Å². The van der Waals surface area contributed by atoms with Gasteiger partial charge in [0.2, 0.25) is 0 Å². The summed E-state index contributed by atoms with van der Waals surface area (Å²) in [6.07, 6.45) is 8.57. The molecule has 0 spiro atoms. The van der Waals surface area contributed by atoms with E-state index in [4.69, 9.17) is 0 Å². The molecule has 2 aromatic rings. The molecule has 6 nitrogen and oxygen atoms in total. The Kier molecular flexibility index (Phi) is 6.42. The summed E-state index contributed by atoms with van der Waals surface area (Å²) >= 11 is 0. The van der Waals surface area contributed by atoms with Gasteiger partial charge < -0.3 is 15.5 Å². The largest absolute Gasteiger partial charge is 0.372 e. The van der Waals surface area contributed by atoms with Crippen molar-refractivity contribution in [1.29, 1.82) is 5.26 Å². The highest BCUT2D eigenvalue weighted by atomic mass is 16.1. The Morgan fingerprint density at radius 2 is 1.96 bits per heavy atom. The first-order chi connectivity index (χ1) is 13.3. The highest BCUT2D eigenvalue weighted by Gasteiger charge is 2.11. The molecule has 1 amide bonds. The van der Waals surface area contributed by atoms with E-state index in [1.807, 2.05) is 24.3 Å². The summed E-state index contributed by atoms with van der Waals surface area (Å²) in [5.74, 6) is -0.418. The van der Waals surface area contributed by atoms with Crippen LogP contribution in [0.4, 0.5) is 11.4 Å². The fraction of sp³-hybridized carbons (Fsp3) is 0.286. The summed E-state index contributed by atoms with van der Waals surface area (Å²) in [6.45, 7) is 2.53. The number of pyridine rings is 1. The predicted octanol–water partition coefficient (Wildman–Crippen LogP) is 3.21. The van der Waals surface area contributed by atoms with Gasteiger partial charge in [0.1, 0.15) is 11.6 Å². The standard InChI is InChI=1S/C21H23N5O/c22-13-18(21(27)25-15-17-5-4-10-23-14-17)16-24-19-6-8-20(9-7-19)26-11-2-1-3-12-26/h4-10,14,16,24H,1-3,11-12,15H2,(H,25,27)/b18-16-. The van der Waals surface area contributed by atoms with Crippen molar-refractivity contribution < 1.29 is 4.79 Å². The molecule has 138 valence electrons. The molecule has 0 bridgehead atoms. The highest BCUT2D eigenvalue weighted by molar-refractivity contribution is 5.97. The Morgan fingerprint density at radius 1 is 1.19 bits per heavy atom. The van der Waals surface area contributed by atoms with Crippen molar-refractivity contribution in [3.05, 3.63) is 66.1 Å². The smallest absolute Gasteiger partial charge is 0.263 e. The molecule has 1 aromatic heterocycles. The number of hydrogen-bond acceptors (Lipinski definition) is 5. The lowest BCUT2D eigenvalue weighted by atomic mass is 10.1. The van der Waals surface area contributed by atoms with Gasteiger partial charge in [-0.05, 0) is 55.2 Å². The molecular weight excluding hydrogens is 338 g/mol. The minimum Gasteiger partial charge on any atom is -0.372 e. The van der Waals surface area contributed by atoms with Crippen molar-refractivity contribution in [2.24, 2.45) is 0 Å². The van der Waals surface area contributed by atoms with E-state index in [1.54, 1.807) is 18.5 Å². The van der Waals surface area contributed by atoms with Crippen LogP contribution in [0.2, 0.25) is 0 Å². The molecule has 0 unspecified atom stereocenters. The van der Waals surface area contributed by atoms with Crippen LogP contribution in [0.15, 0.2) is 60.6 Å². The molecule has 27 heavy (non-hydrogen) atoms. The molecule has 1 saturated heterocycles. The zero-order valence-electron chi connectivity index (χ0n) is 15.2. The summed E-state index contributed by atoms with van der Waals surface area (Å²) in [6, 6.07) is 13.7. The predicted molar refractivity (Wildman–Crippen MR) is 106 cm³/mol. The maximum atomic E-state index is 12.2. The van der Waals surface area contributed by atoms with E-state index < -0.39 is 5.91 Å². The van der Waals surface area contributed by atoms with Crippen LogP contribution in [0.5, 0.6) is 0 Å². The summed E-state index contributed by atoms with van der Waals surface area (Å²) in [4.78, 5) is 18.5. The third-order valence-corrected chi connectivity index (χ3v) is 4.51. The highest BCUT2D eigenvalue weighted by Crippen LogP contribution is 2.21. The van der Waals surface area contributed by atoms with Crippen LogP contribution < -0.4 is 15.5 Å². The molecule has 1 aliphatic heterocycles. The number of anilines is 2. The van der Waals surface area contributed by atoms with Crippen LogP contribution in [0.3, 0.4) is 0 Å². The minimum atomic E-state index is -0.418. The monoisotopic (exact) mass is 361 g/mol. The summed E-state index contributed by atoms with van der Waals surface area (Å²) in [5.41, 5.74) is 2.95. The molecule has 0 saturated carbocycles. The van der Waals surface area contributed by atoms with E-state index in [-0.39, 0.29) is 5.57 Å². The van der Waals surface area contributed by atoms with Crippen molar-refractivity contribution in [3.63, 3.8) is 0 Å². The Morgan fingerprint density at radius 3 is 2.63 bits per heavy atom. The van der Waals surface area contributed by atoms with Gasteiger partial charge in [0.05, 0.1) is 0 Å². The van der Waals surface area contributed by atoms with E-state index in [9.17, 15) is 10.1 Å². The molecule has 3 rings (SSSR count). The van der Waals surface area contributed by atoms with E-state index in [1.165, 1.54) is 31.1 Å².